The first kappa shape index (κ1) is 67.9. The van der Waals surface area contributed by atoms with E-state index in [1.807, 2.05) is 74.5 Å². The van der Waals surface area contributed by atoms with Crippen molar-refractivity contribution in [2.75, 3.05) is 39.5 Å². The van der Waals surface area contributed by atoms with E-state index in [0.717, 1.165) is 64.7 Å². The fraction of sp³-hybridized carbons (Fsp3) is 0.581. The van der Waals surface area contributed by atoms with E-state index in [9.17, 15) is 41.7 Å². The van der Waals surface area contributed by atoms with Crippen molar-refractivity contribution in [3.05, 3.63) is 120 Å². The molecule has 87 heavy (non-hydrogen) atoms. The van der Waals surface area contributed by atoms with Gasteiger partial charge in [0, 0.05) is 10.9 Å². The summed E-state index contributed by atoms with van der Waals surface area (Å²) in [5.41, 5.74) is 1.68. The zero-order valence-electron chi connectivity index (χ0n) is 49.8. The van der Waals surface area contributed by atoms with Crippen molar-refractivity contribution in [1.29, 1.82) is 0 Å². The number of phenolic OH excluding ortho intramolecular Hbond substituents is 1. The Hall–Kier alpha value is -5.00. The highest BCUT2D eigenvalue weighted by Crippen LogP contribution is 2.35. The quantitative estimate of drug-likeness (QED) is 0.0326. The molecule has 480 valence electrons. The van der Waals surface area contributed by atoms with E-state index >= 15 is 0 Å². The van der Waals surface area contributed by atoms with Crippen LogP contribution in [0.3, 0.4) is 0 Å². The topological polar surface area (TPSA) is 277 Å². The second-order valence-corrected chi connectivity index (χ2v) is 28.6. The number of carbonyl (C=O) groups excluding carboxylic acids is 2. The lowest BCUT2D eigenvalue weighted by Gasteiger charge is -2.31. The SMILES string of the molecule is CC(C)Br.CC(C)Oc1cccc(S(=O)(=O)N(C[C@@H](O)[C@H](Cc2ccccc2)NC(=O)OC2CO[C@H]3OCC[C@@H]23)OC2CCCC2)c1.O=C(N[C@@H](Cc1ccccc1)[C@H](O)CN(OC1CCCC1)S(=O)(=O)c1cccc(O)c1)OC1CO[C@H]2OCC[C@@H]12. The van der Waals surface area contributed by atoms with Gasteiger partial charge in [-0.2, -0.15) is 0 Å². The molecule has 2 aliphatic carbocycles. The summed E-state index contributed by atoms with van der Waals surface area (Å²) >= 11 is 3.27. The molecule has 6 aliphatic rings. The van der Waals surface area contributed by atoms with E-state index in [1.165, 1.54) is 30.3 Å². The molecule has 4 aromatic carbocycles. The number of hydrogen-bond donors (Lipinski definition) is 5. The van der Waals surface area contributed by atoms with Crippen molar-refractivity contribution in [2.45, 2.75) is 187 Å². The Morgan fingerprint density at radius 2 is 1.00 bits per heavy atom. The number of sulfonamides is 2. The number of phenols is 1. The molecule has 6 fully saturated rings. The average Bonchev–Trinajstić information content (AvgIpc) is 3.39. The number of carbonyl (C=O) groups is 2. The molecular weight excluding hydrogens is 1230 g/mol. The molecule has 4 heterocycles. The van der Waals surface area contributed by atoms with Crippen LogP contribution in [0.2, 0.25) is 0 Å². The number of fused-ring (bicyclic) bond motifs is 2. The Balaban J connectivity index is 0.000000213. The number of hydrogen-bond acceptors (Lipinski definition) is 18. The van der Waals surface area contributed by atoms with Gasteiger partial charge < -0.3 is 59.1 Å². The maximum atomic E-state index is 13.9. The molecule has 0 radical (unpaired) electrons. The minimum atomic E-state index is -4.25. The highest BCUT2D eigenvalue weighted by molar-refractivity contribution is 9.09. The van der Waals surface area contributed by atoms with Gasteiger partial charge in [-0.05, 0) is 107 Å². The monoisotopic (exact) mass is 1320 g/mol. The number of aliphatic hydroxyl groups is 2. The van der Waals surface area contributed by atoms with Crippen LogP contribution in [0.4, 0.5) is 9.59 Å². The fourth-order valence-corrected chi connectivity index (χ4v) is 13.9. The van der Waals surface area contributed by atoms with Crippen LogP contribution in [0.1, 0.15) is 103 Å². The number of hydroxylamine groups is 2. The van der Waals surface area contributed by atoms with Crippen LogP contribution in [0.5, 0.6) is 11.5 Å². The molecule has 0 bridgehead atoms. The van der Waals surface area contributed by atoms with E-state index in [1.54, 1.807) is 12.1 Å². The van der Waals surface area contributed by atoms with Crippen molar-refractivity contribution in [2.24, 2.45) is 11.8 Å². The molecule has 0 spiro atoms. The van der Waals surface area contributed by atoms with Crippen LogP contribution in [0.25, 0.3) is 0 Å². The first-order chi connectivity index (χ1) is 41.7. The molecule has 0 aromatic heterocycles. The van der Waals surface area contributed by atoms with Gasteiger partial charge in [0.15, 0.2) is 12.6 Å². The average molecular weight is 1320 g/mol. The Labute approximate surface area is 519 Å². The number of benzene rings is 4. The minimum Gasteiger partial charge on any atom is -0.508 e. The number of aromatic hydroxyl groups is 1. The summed E-state index contributed by atoms with van der Waals surface area (Å²) in [4.78, 5) is 38.5. The van der Waals surface area contributed by atoms with Crippen LogP contribution in [-0.4, -0.2) is 165 Å². The summed E-state index contributed by atoms with van der Waals surface area (Å²) in [6, 6.07) is 28.3. The molecule has 25 heteroatoms. The van der Waals surface area contributed by atoms with Crippen LogP contribution in [-0.2, 0) is 71.0 Å². The standard InChI is InChI=1S/C31H42N2O9S.C28H36N2O9S.C3H7Br/c1-21(2)40-24-13-8-14-25(18-24)43(36,37)33(42-23-11-6-7-12-23)19-28(34)27(17-22-9-4-3-5-10-22)32-31(35)41-29-20-39-30-26(29)15-16-38-30;31-20-9-6-12-22(16-20)40(34,35)30(39-21-10-4-5-11-21)17-25(32)24(15-19-7-2-1-3-8-19)29-28(33)38-26-18-37-27-23(26)13-14-36-27;1-3(2)4/h3-5,8-10,13-14,18,21,23,26-30,34H,6-7,11-12,15-17,19-20H2,1-2H3,(H,32,35);1-3,6-9,12,16,21,23-27,31-32H,4-5,10-11,13-15,17-18H2,(H,29,33);3H,1-2H3/t26-,27-,28+,29?,30+;23-,24-,25+,26?,27+;/m00./s1. The molecule has 2 unspecified atom stereocenters. The highest BCUT2D eigenvalue weighted by Gasteiger charge is 2.46. The van der Waals surface area contributed by atoms with Gasteiger partial charge in [0.2, 0.25) is 0 Å². The molecule has 10 rings (SSSR count). The Morgan fingerprint density at radius 3 is 1.41 bits per heavy atom. The first-order valence-electron chi connectivity index (χ1n) is 30.1. The van der Waals surface area contributed by atoms with Crippen LogP contribution < -0.4 is 15.4 Å². The van der Waals surface area contributed by atoms with Gasteiger partial charge in [-0.15, -0.1) is 0 Å². The van der Waals surface area contributed by atoms with Crippen molar-refractivity contribution in [3.63, 3.8) is 0 Å². The highest BCUT2D eigenvalue weighted by atomic mass is 79.9. The number of halogens is 1. The van der Waals surface area contributed by atoms with Crippen LogP contribution in [0.15, 0.2) is 119 Å². The summed E-state index contributed by atoms with van der Waals surface area (Å²) in [7, 11) is -8.46. The normalized spacial score (nSPS) is 23.5. The van der Waals surface area contributed by atoms with Crippen molar-refractivity contribution >= 4 is 48.2 Å². The van der Waals surface area contributed by atoms with Crippen molar-refractivity contribution in [3.8, 4) is 11.5 Å². The summed E-state index contributed by atoms with van der Waals surface area (Å²) in [6.07, 6.45) is 1.79. The molecule has 4 aliphatic heterocycles. The molecule has 4 aromatic rings. The summed E-state index contributed by atoms with van der Waals surface area (Å²) in [5.74, 6) is 0.110. The predicted molar refractivity (Wildman–Crippen MR) is 323 cm³/mol. The number of amides is 2. The van der Waals surface area contributed by atoms with Crippen molar-refractivity contribution in [1.82, 2.24) is 19.6 Å². The Bertz CT molecular complexity index is 3000. The smallest absolute Gasteiger partial charge is 0.407 e. The molecule has 2 saturated carbocycles. The molecular formula is C62H85BrN4O18S2. The molecule has 2 amide bonds. The second-order valence-electron chi connectivity index (χ2n) is 23.1. The predicted octanol–water partition coefficient (Wildman–Crippen LogP) is 8.31. The van der Waals surface area contributed by atoms with Gasteiger partial charge in [-0.25, -0.2) is 26.4 Å². The number of nitrogens with one attached hydrogen (secondary N) is 2. The number of ether oxygens (including phenoxy) is 7. The Morgan fingerprint density at radius 1 is 0.586 bits per heavy atom. The summed E-state index contributed by atoms with van der Waals surface area (Å²) in [6.45, 7) is 8.57. The number of rotatable bonds is 24. The summed E-state index contributed by atoms with van der Waals surface area (Å²) < 4.78 is 95.9. The van der Waals surface area contributed by atoms with Gasteiger partial charge >= 0.3 is 12.2 Å². The molecule has 10 atom stereocenters. The first-order valence-corrected chi connectivity index (χ1v) is 33.9. The molecule has 4 saturated heterocycles. The second kappa shape index (κ2) is 32.7. The van der Waals surface area contributed by atoms with E-state index in [0.29, 0.717) is 49.5 Å². The Kier molecular flexibility index (Phi) is 25.5. The minimum absolute atomic E-state index is 0.0163. The molecule has 5 N–H and O–H groups in total. The number of aliphatic hydroxyl groups excluding tert-OH is 2. The summed E-state index contributed by atoms with van der Waals surface area (Å²) in [5, 5.41) is 38.4. The van der Waals surface area contributed by atoms with E-state index < -0.39 is 81.8 Å². The third kappa shape index (κ3) is 20.0. The largest absolute Gasteiger partial charge is 0.508 e. The van der Waals surface area contributed by atoms with Crippen molar-refractivity contribution < 1.29 is 84.6 Å². The third-order valence-corrected chi connectivity index (χ3v) is 18.8. The number of alkyl carbamates (subject to hydrolysis) is 2. The maximum Gasteiger partial charge on any atom is 0.407 e. The van der Waals surface area contributed by atoms with Gasteiger partial charge in [0.1, 0.15) is 23.7 Å². The van der Waals surface area contributed by atoms with Crippen LogP contribution >= 0.6 is 15.9 Å². The lowest BCUT2D eigenvalue weighted by molar-refractivity contribution is -0.145. The number of alkyl halides is 1. The maximum absolute atomic E-state index is 13.9. The van der Waals surface area contributed by atoms with E-state index in [4.69, 9.17) is 42.8 Å². The zero-order valence-corrected chi connectivity index (χ0v) is 53.0. The van der Waals surface area contributed by atoms with E-state index in [2.05, 4.69) is 40.4 Å². The van der Waals surface area contributed by atoms with E-state index in [-0.39, 0.29) is 84.3 Å². The fourth-order valence-electron chi connectivity index (χ4n) is 11.2. The van der Waals surface area contributed by atoms with Gasteiger partial charge in [-0.3, -0.25) is 9.68 Å². The third-order valence-electron chi connectivity index (χ3n) is 15.6. The lowest BCUT2D eigenvalue weighted by Crippen LogP contribution is -2.51. The van der Waals surface area contributed by atoms with Gasteiger partial charge in [-0.1, -0.05) is 137 Å². The lowest BCUT2D eigenvalue weighted by atomic mass is 10.0. The molecule has 22 nitrogen and oxygen atoms in total. The number of nitrogens with zero attached hydrogens (tertiary/aromatic N) is 2. The van der Waals surface area contributed by atoms with Crippen LogP contribution in [0, 0.1) is 11.8 Å². The van der Waals surface area contributed by atoms with Gasteiger partial charge in [0.25, 0.3) is 20.0 Å². The zero-order chi connectivity index (χ0) is 62.1. The van der Waals surface area contributed by atoms with Gasteiger partial charge in [0.05, 0.1) is 104 Å².